The predicted molar refractivity (Wildman–Crippen MR) is 475 cm³/mol. The molecule has 0 saturated carbocycles. The Labute approximate surface area is 710 Å². The van der Waals surface area contributed by atoms with Gasteiger partial charge < -0.3 is 40.2 Å². The Morgan fingerprint density at radius 1 is 0.250 bits per heavy atom. The molecule has 0 heterocycles. The van der Waals surface area contributed by atoms with E-state index in [2.05, 4.69) is 67.9 Å². The van der Waals surface area contributed by atoms with E-state index in [4.69, 9.17) is 18.9 Å². The summed E-state index contributed by atoms with van der Waals surface area (Å²) in [6.07, 6.45) is 21.2. The minimum absolute atomic E-state index is 0.0944. The van der Waals surface area contributed by atoms with Crippen molar-refractivity contribution in [2.75, 3.05) is 47.7 Å². The third kappa shape index (κ3) is 29.1. The van der Waals surface area contributed by atoms with E-state index in [1.807, 2.05) is 0 Å². The van der Waals surface area contributed by atoms with E-state index in [1.165, 1.54) is 48.5 Å². The largest absolute Gasteiger partial charge is 0.493 e. The SMILES string of the molecule is CCCCCCCCOc1c2cc(NC(=O)NS(=O)(=O)c3ccc(C)cc3)cc1Cc1cc(NC(=O)NS(=O)(=O)c3ccc(C)cc3)cc(c1OCCCCCCCC)Cc1cc(NC(=O)NS(=O)(=O)c3ccc(C)cc3)cc(c1OCCCCCCCC)Cc1cc(NC(=O)NS(=O)(=O)c3ccc(C)cc3)cc(c1OCCCCCCCC)C2. The zero-order chi connectivity index (χ0) is 86.2. The Kier molecular flexibility index (Phi) is 35.9. The number of carbonyl (C=O) groups is 4. The molecule has 0 radical (unpaired) electrons. The summed E-state index contributed by atoms with van der Waals surface area (Å²) in [5, 5.41) is 11.3. The van der Waals surface area contributed by atoms with Gasteiger partial charge in [-0.15, -0.1) is 0 Å². The molecular formula is C92H120N8O16S4. The van der Waals surface area contributed by atoms with Crippen molar-refractivity contribution in [1.82, 2.24) is 18.9 Å². The number of rotatable bonds is 44. The lowest BCUT2D eigenvalue weighted by Crippen LogP contribution is -2.34. The van der Waals surface area contributed by atoms with Gasteiger partial charge in [0.25, 0.3) is 40.1 Å². The lowest BCUT2D eigenvalue weighted by atomic mass is 9.90. The van der Waals surface area contributed by atoms with Crippen molar-refractivity contribution in [2.45, 2.75) is 255 Å². The second kappa shape index (κ2) is 46.0. The first-order chi connectivity index (χ1) is 57.5. The van der Waals surface area contributed by atoms with Gasteiger partial charge in [0.1, 0.15) is 23.0 Å². The molecule has 0 aliphatic heterocycles. The average Bonchev–Trinajstić information content (AvgIpc) is 0.768. The number of hydrogen-bond donors (Lipinski definition) is 8. The van der Waals surface area contributed by atoms with Gasteiger partial charge in [0.05, 0.1) is 46.0 Å². The molecule has 8 aromatic carbocycles. The first-order valence-corrected chi connectivity index (χ1v) is 48.2. The van der Waals surface area contributed by atoms with Crippen LogP contribution in [-0.4, -0.2) is 84.2 Å². The molecule has 0 unspecified atom stereocenters. The number of sulfonamides is 4. The summed E-state index contributed by atoms with van der Waals surface area (Å²) in [5.41, 5.74) is 6.82. The van der Waals surface area contributed by atoms with Crippen LogP contribution in [0.25, 0.3) is 0 Å². The van der Waals surface area contributed by atoms with Gasteiger partial charge >= 0.3 is 24.1 Å². The van der Waals surface area contributed by atoms with Gasteiger partial charge in [-0.1, -0.05) is 227 Å². The number of urea groups is 4. The summed E-state index contributed by atoms with van der Waals surface area (Å²) in [4.78, 5) is 57.9. The van der Waals surface area contributed by atoms with Crippen LogP contribution in [0.3, 0.4) is 0 Å². The lowest BCUT2D eigenvalue weighted by molar-refractivity contribution is 0.255. The third-order valence-electron chi connectivity index (χ3n) is 20.7. The zero-order valence-corrected chi connectivity index (χ0v) is 73.9. The van der Waals surface area contributed by atoms with Gasteiger partial charge in [0.15, 0.2) is 0 Å². The summed E-state index contributed by atoms with van der Waals surface area (Å²) >= 11 is 0. The van der Waals surface area contributed by atoms with Crippen LogP contribution in [0.1, 0.15) is 249 Å². The number of fused-ring (bicyclic) bond motifs is 8. The summed E-state index contributed by atoms with van der Waals surface area (Å²) in [7, 11) is -17.9. The van der Waals surface area contributed by atoms with E-state index < -0.39 is 64.2 Å². The minimum atomic E-state index is -4.49. The molecule has 8 aromatic rings. The quantitative estimate of drug-likeness (QED) is 0.0165. The molecule has 0 saturated heterocycles. The molecular weight excluding hydrogens is 1600 g/mol. The van der Waals surface area contributed by atoms with Crippen molar-refractivity contribution >= 4 is 87.0 Å². The number of hydrogen-bond acceptors (Lipinski definition) is 16. The van der Waals surface area contributed by atoms with Crippen molar-refractivity contribution in [2.24, 2.45) is 0 Å². The maximum absolute atomic E-state index is 14.6. The maximum Gasteiger partial charge on any atom is 0.333 e. The molecule has 648 valence electrons. The number of unbranched alkanes of at least 4 members (excludes halogenated alkanes) is 20. The summed E-state index contributed by atoms with van der Waals surface area (Å²) in [6, 6.07) is 32.9. The molecule has 0 atom stereocenters. The Bertz CT molecular complexity index is 4500. The van der Waals surface area contributed by atoms with E-state index in [0.717, 1.165) is 151 Å². The van der Waals surface area contributed by atoms with Crippen LogP contribution < -0.4 is 59.1 Å². The average molecular weight is 1720 g/mol. The molecule has 0 fully saturated rings. The Morgan fingerprint density at radius 2 is 0.408 bits per heavy atom. The first-order valence-electron chi connectivity index (χ1n) is 42.3. The van der Waals surface area contributed by atoms with Crippen molar-refractivity contribution in [3.05, 3.63) is 212 Å². The van der Waals surface area contributed by atoms with E-state index >= 15 is 0 Å². The second-order valence-electron chi connectivity index (χ2n) is 31.2. The van der Waals surface area contributed by atoms with Crippen molar-refractivity contribution in [1.29, 1.82) is 0 Å². The smallest absolute Gasteiger partial charge is 0.333 e. The molecule has 1 aliphatic rings. The third-order valence-corrected chi connectivity index (χ3v) is 26.1. The van der Waals surface area contributed by atoms with Crippen molar-refractivity contribution < 1.29 is 71.8 Å². The maximum atomic E-state index is 14.6. The van der Waals surface area contributed by atoms with E-state index in [1.54, 1.807) is 125 Å². The highest BCUT2D eigenvalue weighted by Crippen LogP contribution is 2.44. The van der Waals surface area contributed by atoms with Gasteiger partial charge in [-0.25, -0.2) is 71.7 Å². The van der Waals surface area contributed by atoms with Gasteiger partial charge in [-0.3, -0.25) is 0 Å². The molecule has 8 N–H and O–H groups in total. The fourth-order valence-electron chi connectivity index (χ4n) is 14.4. The molecule has 0 spiro atoms. The highest BCUT2D eigenvalue weighted by atomic mass is 32.2. The number of amides is 8. The van der Waals surface area contributed by atoms with E-state index in [-0.39, 0.29) is 94.4 Å². The number of ether oxygens (including phenoxy) is 4. The van der Waals surface area contributed by atoms with Crippen molar-refractivity contribution in [3.8, 4) is 23.0 Å². The number of benzene rings is 8. The Hall–Kier alpha value is -10.2. The highest BCUT2D eigenvalue weighted by Gasteiger charge is 2.30. The molecule has 8 amide bonds. The summed E-state index contributed by atoms with van der Waals surface area (Å²) in [6.45, 7) is 16.5. The van der Waals surface area contributed by atoms with Gasteiger partial charge in [-0.05, 0) is 150 Å². The van der Waals surface area contributed by atoms with Gasteiger partial charge in [0, 0.05) is 92.9 Å². The predicted octanol–water partition coefficient (Wildman–Crippen LogP) is 20.6. The molecule has 0 aromatic heterocycles. The minimum Gasteiger partial charge on any atom is -0.493 e. The van der Waals surface area contributed by atoms with Crippen LogP contribution in [0, 0.1) is 27.7 Å². The van der Waals surface area contributed by atoms with Crippen LogP contribution in [0.4, 0.5) is 41.9 Å². The van der Waals surface area contributed by atoms with Crippen LogP contribution in [0.15, 0.2) is 165 Å². The topological polar surface area (TPSA) is 338 Å². The summed E-state index contributed by atoms with van der Waals surface area (Å²) in [5.74, 6) is 1.32. The zero-order valence-electron chi connectivity index (χ0n) is 70.6. The Balaban J connectivity index is 1.36. The van der Waals surface area contributed by atoms with Crippen LogP contribution >= 0.6 is 0 Å². The number of carbonyl (C=O) groups excluding carboxylic acids is 4. The Morgan fingerprint density at radius 3 is 0.575 bits per heavy atom. The number of aryl methyl sites for hydroxylation is 4. The molecule has 1 aliphatic carbocycles. The van der Waals surface area contributed by atoms with Crippen LogP contribution in [0.5, 0.6) is 23.0 Å². The fourth-order valence-corrected chi connectivity index (χ4v) is 18.0. The molecule has 8 bridgehead atoms. The highest BCUT2D eigenvalue weighted by molar-refractivity contribution is 7.91. The second-order valence-corrected chi connectivity index (χ2v) is 37.9. The van der Waals surface area contributed by atoms with Crippen LogP contribution in [0.2, 0.25) is 0 Å². The fraction of sp³-hybridized carbons (Fsp3) is 0.435. The van der Waals surface area contributed by atoms with Gasteiger partial charge in [-0.2, -0.15) is 0 Å². The van der Waals surface area contributed by atoms with Crippen molar-refractivity contribution in [3.63, 3.8) is 0 Å². The lowest BCUT2D eigenvalue weighted by Gasteiger charge is -2.25. The number of anilines is 4. The normalized spacial score (nSPS) is 12.2. The van der Waals surface area contributed by atoms with Crippen LogP contribution in [-0.2, 0) is 65.8 Å². The van der Waals surface area contributed by atoms with Gasteiger partial charge in [0.2, 0.25) is 0 Å². The molecule has 9 rings (SSSR count). The van der Waals surface area contributed by atoms with E-state index in [9.17, 15) is 52.8 Å². The number of nitrogens with one attached hydrogen (secondary N) is 8. The summed E-state index contributed by atoms with van der Waals surface area (Å²) < 4.78 is 150. The monoisotopic (exact) mass is 1720 g/mol. The molecule has 120 heavy (non-hydrogen) atoms. The molecule has 24 nitrogen and oxygen atoms in total. The standard InChI is InChI=1S/C92H120N8O16S4/c1-9-13-17-21-25-29-49-113-85-69-53-71-59-78(94-90(102)98-118(107,108)82-43-35-66(6)36-44-82)61-73(86(71)114-50-30-26-22-18-14-10-2)55-75-63-80(96-92(104)100-120(111,112)84-47-39-68(8)40-48-84)64-76(88(75)116-52-32-28-24-20-16-12-4)56-74-62-79(95-91(103)99-119(109,110)83-45-37-67(7)38-46-83)60-72(87(74)115-51-31-27-23-19-15-11-3)54-70(85)58-77(57-69)93-89(101)97-117(105,106)81-41-33-65(5)34-42-81/h33-48,57-64H,9-32,49-56H2,1-8H3,(H2,93,97,101)(H2,94,98,102)(H2,95,99,103)(H2,96,100,104). The first kappa shape index (κ1) is 93.7. The van der Waals surface area contributed by atoms with E-state index in [0.29, 0.717) is 93.2 Å². The molecule has 28 heteroatoms.